The normalized spacial score (nSPS) is 14.5. The molecule has 1 fully saturated rings. The molecule has 0 atom stereocenters. The molecule has 0 spiro atoms. The number of rotatable bonds is 5. The lowest BCUT2D eigenvalue weighted by Crippen LogP contribution is -2.35. The number of aryl methyl sites for hydroxylation is 1. The van der Waals surface area contributed by atoms with Gasteiger partial charge in [-0.2, -0.15) is 0 Å². The fraction of sp³-hybridized carbons (Fsp3) is 0.263. The molecule has 0 bridgehead atoms. The number of halogens is 1. The molecule has 0 aliphatic heterocycles. The van der Waals surface area contributed by atoms with E-state index in [0.29, 0.717) is 35.0 Å². The highest BCUT2D eigenvalue weighted by atomic mass is 35.5. The first-order chi connectivity index (χ1) is 11.9. The number of nitrogens with one attached hydrogen (secondary N) is 2. The molecular formula is C19H19ClN2O3. The van der Waals surface area contributed by atoms with Gasteiger partial charge in [-0.05, 0) is 55.7 Å². The number of benzene rings is 2. The summed E-state index contributed by atoms with van der Waals surface area (Å²) in [5.74, 6) is -0.151. The maximum absolute atomic E-state index is 12.7. The highest BCUT2D eigenvalue weighted by molar-refractivity contribution is 6.31. The molecule has 2 aromatic carbocycles. The number of ether oxygens (including phenoxy) is 1. The SMILES string of the molecule is COc1ccc(Cl)cc1NC(=O)C1(C(=O)Nc2cccc(C)c2)CC1. The summed E-state index contributed by atoms with van der Waals surface area (Å²) < 4.78 is 5.23. The van der Waals surface area contributed by atoms with Gasteiger partial charge in [-0.1, -0.05) is 23.7 Å². The van der Waals surface area contributed by atoms with E-state index >= 15 is 0 Å². The fourth-order valence-electron chi connectivity index (χ4n) is 2.68. The largest absolute Gasteiger partial charge is 0.495 e. The van der Waals surface area contributed by atoms with E-state index in [1.807, 2.05) is 25.1 Å². The van der Waals surface area contributed by atoms with E-state index in [9.17, 15) is 9.59 Å². The summed E-state index contributed by atoms with van der Waals surface area (Å²) in [7, 11) is 1.51. The molecule has 0 heterocycles. The van der Waals surface area contributed by atoms with Crippen molar-refractivity contribution >= 4 is 34.8 Å². The Labute approximate surface area is 151 Å². The molecule has 6 heteroatoms. The summed E-state index contributed by atoms with van der Waals surface area (Å²) in [6, 6.07) is 12.4. The summed E-state index contributed by atoms with van der Waals surface area (Å²) >= 11 is 5.99. The van der Waals surface area contributed by atoms with Crippen molar-refractivity contribution in [2.75, 3.05) is 17.7 Å². The van der Waals surface area contributed by atoms with Crippen LogP contribution < -0.4 is 15.4 Å². The molecule has 2 aromatic rings. The van der Waals surface area contributed by atoms with Crippen LogP contribution in [0.4, 0.5) is 11.4 Å². The first-order valence-electron chi connectivity index (χ1n) is 7.98. The summed E-state index contributed by atoms with van der Waals surface area (Å²) in [6.45, 7) is 1.95. The molecule has 2 amide bonds. The molecule has 0 saturated heterocycles. The van der Waals surface area contributed by atoms with Crippen molar-refractivity contribution in [1.29, 1.82) is 0 Å². The number of hydrogen-bond donors (Lipinski definition) is 2. The Morgan fingerprint density at radius 1 is 1.08 bits per heavy atom. The van der Waals surface area contributed by atoms with Crippen molar-refractivity contribution in [2.24, 2.45) is 5.41 Å². The predicted molar refractivity (Wildman–Crippen MR) is 98.1 cm³/mol. The Bertz CT molecular complexity index is 831. The zero-order chi connectivity index (χ0) is 18.0. The van der Waals surface area contributed by atoms with Gasteiger partial charge in [0.15, 0.2) is 0 Å². The van der Waals surface area contributed by atoms with Crippen LogP contribution in [0.3, 0.4) is 0 Å². The third-order valence-electron chi connectivity index (χ3n) is 4.30. The van der Waals surface area contributed by atoms with Crippen LogP contribution >= 0.6 is 11.6 Å². The van der Waals surface area contributed by atoms with Crippen molar-refractivity contribution in [3.63, 3.8) is 0 Å². The minimum absolute atomic E-state index is 0.295. The molecule has 1 saturated carbocycles. The Hall–Kier alpha value is -2.53. The van der Waals surface area contributed by atoms with Gasteiger partial charge >= 0.3 is 0 Å². The van der Waals surface area contributed by atoms with Gasteiger partial charge in [-0.3, -0.25) is 9.59 Å². The van der Waals surface area contributed by atoms with Gasteiger partial charge in [-0.15, -0.1) is 0 Å². The van der Waals surface area contributed by atoms with Crippen LogP contribution in [0.15, 0.2) is 42.5 Å². The number of anilines is 2. The van der Waals surface area contributed by atoms with E-state index in [1.54, 1.807) is 24.3 Å². The van der Waals surface area contributed by atoms with Crippen molar-refractivity contribution in [1.82, 2.24) is 0 Å². The number of amides is 2. The predicted octanol–water partition coefficient (Wildman–Crippen LogP) is 4.01. The smallest absolute Gasteiger partial charge is 0.240 e. The summed E-state index contributed by atoms with van der Waals surface area (Å²) in [5.41, 5.74) is 1.13. The highest BCUT2D eigenvalue weighted by Gasteiger charge is 2.56. The molecule has 1 aliphatic rings. The highest BCUT2D eigenvalue weighted by Crippen LogP contribution is 2.48. The van der Waals surface area contributed by atoms with E-state index in [0.717, 1.165) is 5.56 Å². The van der Waals surface area contributed by atoms with Crippen LogP contribution in [0, 0.1) is 12.3 Å². The second-order valence-corrected chi connectivity index (χ2v) is 6.64. The number of carbonyl (C=O) groups is 2. The lowest BCUT2D eigenvalue weighted by molar-refractivity contribution is -0.131. The van der Waals surface area contributed by atoms with Crippen LogP contribution in [0.1, 0.15) is 18.4 Å². The van der Waals surface area contributed by atoms with Crippen LogP contribution in [0.5, 0.6) is 5.75 Å². The Kier molecular flexibility index (Phi) is 4.68. The number of carbonyl (C=O) groups excluding carboxylic acids is 2. The number of hydrogen-bond acceptors (Lipinski definition) is 3. The average Bonchev–Trinajstić information content (AvgIpc) is 3.37. The van der Waals surface area contributed by atoms with E-state index < -0.39 is 5.41 Å². The Balaban J connectivity index is 1.75. The van der Waals surface area contributed by atoms with Crippen molar-refractivity contribution < 1.29 is 14.3 Å². The van der Waals surface area contributed by atoms with Gasteiger partial charge in [0, 0.05) is 10.7 Å². The molecule has 130 valence electrons. The topological polar surface area (TPSA) is 67.4 Å². The molecular weight excluding hydrogens is 340 g/mol. The Morgan fingerprint density at radius 2 is 1.80 bits per heavy atom. The maximum Gasteiger partial charge on any atom is 0.240 e. The third-order valence-corrected chi connectivity index (χ3v) is 4.54. The van der Waals surface area contributed by atoms with Crippen LogP contribution in [0.25, 0.3) is 0 Å². The minimum Gasteiger partial charge on any atom is -0.495 e. The van der Waals surface area contributed by atoms with Gasteiger partial charge in [-0.25, -0.2) is 0 Å². The molecule has 2 N–H and O–H groups in total. The summed E-state index contributed by atoms with van der Waals surface area (Å²) in [5, 5.41) is 6.09. The molecule has 0 unspecified atom stereocenters. The Morgan fingerprint density at radius 3 is 2.44 bits per heavy atom. The van der Waals surface area contributed by atoms with E-state index in [2.05, 4.69) is 10.6 Å². The molecule has 3 rings (SSSR count). The van der Waals surface area contributed by atoms with E-state index in [4.69, 9.17) is 16.3 Å². The van der Waals surface area contributed by atoms with Gasteiger partial charge in [0.25, 0.3) is 0 Å². The standard InChI is InChI=1S/C19H19ClN2O3/c1-12-4-3-5-14(10-12)21-17(23)19(8-9-19)18(24)22-15-11-13(20)6-7-16(15)25-2/h3-7,10-11H,8-9H2,1-2H3,(H,21,23)(H,22,24). The molecule has 5 nitrogen and oxygen atoms in total. The lowest BCUT2D eigenvalue weighted by atomic mass is 10.0. The van der Waals surface area contributed by atoms with Gasteiger partial charge in [0.1, 0.15) is 11.2 Å². The lowest BCUT2D eigenvalue weighted by Gasteiger charge is -2.17. The first kappa shape index (κ1) is 17.3. The first-order valence-corrected chi connectivity index (χ1v) is 8.35. The molecule has 25 heavy (non-hydrogen) atoms. The molecule has 0 aromatic heterocycles. The second kappa shape index (κ2) is 6.76. The van der Waals surface area contributed by atoms with Crippen LogP contribution in [0.2, 0.25) is 5.02 Å². The molecule has 1 aliphatic carbocycles. The fourth-order valence-corrected chi connectivity index (χ4v) is 2.85. The van der Waals surface area contributed by atoms with Crippen molar-refractivity contribution in [3.8, 4) is 5.75 Å². The van der Waals surface area contributed by atoms with E-state index in [-0.39, 0.29) is 11.8 Å². The minimum atomic E-state index is -1.04. The number of methoxy groups -OCH3 is 1. The second-order valence-electron chi connectivity index (χ2n) is 6.20. The quantitative estimate of drug-likeness (QED) is 0.793. The molecule has 0 radical (unpaired) electrons. The van der Waals surface area contributed by atoms with Crippen molar-refractivity contribution in [3.05, 3.63) is 53.1 Å². The maximum atomic E-state index is 12.7. The van der Waals surface area contributed by atoms with Crippen molar-refractivity contribution in [2.45, 2.75) is 19.8 Å². The third kappa shape index (κ3) is 3.61. The monoisotopic (exact) mass is 358 g/mol. The average molecular weight is 359 g/mol. The van der Waals surface area contributed by atoms with Crippen LogP contribution in [-0.4, -0.2) is 18.9 Å². The summed E-state index contributed by atoms with van der Waals surface area (Å²) in [4.78, 5) is 25.3. The summed E-state index contributed by atoms with van der Waals surface area (Å²) in [6.07, 6.45) is 1.03. The zero-order valence-electron chi connectivity index (χ0n) is 14.1. The zero-order valence-corrected chi connectivity index (χ0v) is 14.8. The van der Waals surface area contributed by atoms with Gasteiger partial charge in [0.05, 0.1) is 12.8 Å². The van der Waals surface area contributed by atoms with Crippen LogP contribution in [-0.2, 0) is 9.59 Å². The van der Waals surface area contributed by atoms with E-state index in [1.165, 1.54) is 7.11 Å². The van der Waals surface area contributed by atoms with Gasteiger partial charge < -0.3 is 15.4 Å². The van der Waals surface area contributed by atoms with Gasteiger partial charge in [0.2, 0.25) is 11.8 Å².